The zero-order valence-corrected chi connectivity index (χ0v) is 11.3. The summed E-state index contributed by atoms with van der Waals surface area (Å²) in [5, 5.41) is 8.89. The summed E-state index contributed by atoms with van der Waals surface area (Å²) in [4.78, 5) is 38.5. The second kappa shape index (κ2) is 5.40. The Kier molecular flexibility index (Phi) is 3.44. The molecule has 0 radical (unpaired) electrons. The van der Waals surface area contributed by atoms with Gasteiger partial charge in [0.25, 0.3) is 5.95 Å². The quantitative estimate of drug-likeness (QED) is 0.714. The summed E-state index contributed by atoms with van der Waals surface area (Å²) >= 11 is 5.83. The van der Waals surface area contributed by atoms with Gasteiger partial charge in [0.1, 0.15) is 18.7 Å². The van der Waals surface area contributed by atoms with Crippen LogP contribution in [0.4, 0.5) is 5.95 Å². The maximum atomic E-state index is 11.7. The number of amides is 2. The van der Waals surface area contributed by atoms with Crippen molar-refractivity contribution in [1.29, 1.82) is 0 Å². The van der Waals surface area contributed by atoms with Crippen LogP contribution in [0.15, 0.2) is 12.7 Å². The first kappa shape index (κ1) is 13.4. The van der Waals surface area contributed by atoms with E-state index < -0.39 is 11.9 Å². The Morgan fingerprint density at radius 3 is 2.90 bits per heavy atom. The maximum absolute atomic E-state index is 11.7. The number of carbonyl (C=O) groups is 2. The van der Waals surface area contributed by atoms with Crippen LogP contribution in [0.1, 0.15) is 12.8 Å². The van der Waals surface area contributed by atoms with Crippen molar-refractivity contribution in [1.82, 2.24) is 35.0 Å². The minimum absolute atomic E-state index is 0.0507. The molecule has 2 aromatic rings. The van der Waals surface area contributed by atoms with Gasteiger partial charge in [-0.3, -0.25) is 14.9 Å². The maximum Gasteiger partial charge on any atom is 0.258 e. The average Bonchev–Trinajstić information content (AvgIpc) is 2.95. The van der Waals surface area contributed by atoms with Gasteiger partial charge >= 0.3 is 0 Å². The van der Waals surface area contributed by atoms with E-state index in [1.54, 1.807) is 0 Å². The molecule has 2 amide bonds. The molecule has 1 unspecified atom stereocenters. The largest absolute Gasteiger partial charge is 0.342 e. The minimum atomic E-state index is -0.607. The van der Waals surface area contributed by atoms with Crippen LogP contribution in [-0.2, 0) is 9.59 Å². The number of nitrogens with zero attached hydrogens (tertiary/aromatic N) is 6. The fourth-order valence-electron chi connectivity index (χ4n) is 1.81. The zero-order chi connectivity index (χ0) is 14.8. The van der Waals surface area contributed by atoms with E-state index in [0.717, 1.165) is 0 Å². The first-order chi connectivity index (χ1) is 10.1. The molecule has 1 saturated heterocycles. The molecule has 108 valence electrons. The number of anilines is 1. The number of carbonyl (C=O) groups excluding carboxylic acids is 2. The van der Waals surface area contributed by atoms with Crippen LogP contribution in [0.2, 0.25) is 5.28 Å². The second-order valence-corrected chi connectivity index (χ2v) is 4.55. The Morgan fingerprint density at radius 2 is 2.19 bits per heavy atom. The molecular weight excluding hydrogens is 300 g/mol. The van der Waals surface area contributed by atoms with Gasteiger partial charge in [-0.2, -0.15) is 24.7 Å². The number of nitrogens with one attached hydrogen (secondary N) is 2. The number of imide groups is 1. The van der Waals surface area contributed by atoms with E-state index in [1.807, 2.05) is 0 Å². The van der Waals surface area contributed by atoms with Gasteiger partial charge < -0.3 is 5.32 Å². The van der Waals surface area contributed by atoms with Crippen LogP contribution < -0.4 is 10.6 Å². The summed E-state index contributed by atoms with van der Waals surface area (Å²) < 4.78 is 1.31. The fraction of sp³-hybridized carbons (Fsp3) is 0.300. The third-order valence-corrected chi connectivity index (χ3v) is 2.93. The van der Waals surface area contributed by atoms with Gasteiger partial charge in [-0.1, -0.05) is 0 Å². The van der Waals surface area contributed by atoms with E-state index in [0.29, 0.717) is 6.42 Å². The summed E-state index contributed by atoms with van der Waals surface area (Å²) in [5.74, 6) is -0.433. The molecule has 2 aromatic heterocycles. The first-order valence-electron chi connectivity index (χ1n) is 5.98. The summed E-state index contributed by atoms with van der Waals surface area (Å²) in [7, 11) is 0. The van der Waals surface area contributed by atoms with Gasteiger partial charge in [0.2, 0.25) is 23.0 Å². The number of hydrogen-bond donors (Lipinski definition) is 2. The van der Waals surface area contributed by atoms with E-state index in [-0.39, 0.29) is 29.5 Å². The molecule has 0 aliphatic carbocycles. The molecule has 21 heavy (non-hydrogen) atoms. The van der Waals surface area contributed by atoms with E-state index in [1.165, 1.54) is 17.3 Å². The number of piperidine rings is 1. The average molecular weight is 309 g/mol. The van der Waals surface area contributed by atoms with Crippen molar-refractivity contribution in [3.05, 3.63) is 17.9 Å². The summed E-state index contributed by atoms with van der Waals surface area (Å²) in [5.41, 5.74) is 0. The smallest absolute Gasteiger partial charge is 0.258 e. The van der Waals surface area contributed by atoms with Crippen molar-refractivity contribution < 1.29 is 9.59 Å². The lowest BCUT2D eigenvalue weighted by Gasteiger charge is -2.21. The highest BCUT2D eigenvalue weighted by atomic mass is 35.5. The van der Waals surface area contributed by atoms with E-state index in [2.05, 4.69) is 35.7 Å². The van der Waals surface area contributed by atoms with Crippen LogP contribution in [0, 0.1) is 0 Å². The highest BCUT2D eigenvalue weighted by Gasteiger charge is 2.27. The molecule has 0 saturated carbocycles. The Balaban J connectivity index is 1.82. The Bertz CT molecular complexity index is 688. The molecule has 2 N–H and O–H groups in total. The lowest BCUT2D eigenvalue weighted by atomic mass is 10.1. The van der Waals surface area contributed by atoms with Gasteiger partial charge in [0, 0.05) is 6.42 Å². The van der Waals surface area contributed by atoms with Crippen molar-refractivity contribution >= 4 is 29.4 Å². The molecule has 1 aliphatic heterocycles. The molecule has 3 heterocycles. The number of rotatable bonds is 3. The highest BCUT2D eigenvalue weighted by Crippen LogP contribution is 2.13. The predicted octanol–water partition coefficient (Wildman–Crippen LogP) is -0.677. The molecule has 1 fully saturated rings. The number of halogens is 1. The third-order valence-electron chi connectivity index (χ3n) is 2.76. The topological polar surface area (TPSA) is 128 Å². The van der Waals surface area contributed by atoms with Gasteiger partial charge in [-0.15, -0.1) is 0 Å². The monoisotopic (exact) mass is 308 g/mol. The molecule has 11 heteroatoms. The van der Waals surface area contributed by atoms with Crippen molar-refractivity contribution in [2.24, 2.45) is 0 Å². The van der Waals surface area contributed by atoms with Crippen LogP contribution in [0.25, 0.3) is 5.95 Å². The fourth-order valence-corrected chi connectivity index (χ4v) is 1.96. The van der Waals surface area contributed by atoms with Crippen molar-refractivity contribution in [2.45, 2.75) is 18.9 Å². The van der Waals surface area contributed by atoms with Crippen LogP contribution in [0.5, 0.6) is 0 Å². The third kappa shape index (κ3) is 2.94. The van der Waals surface area contributed by atoms with E-state index in [9.17, 15) is 9.59 Å². The molecule has 10 nitrogen and oxygen atoms in total. The van der Waals surface area contributed by atoms with E-state index >= 15 is 0 Å². The molecule has 0 bridgehead atoms. The summed E-state index contributed by atoms with van der Waals surface area (Å²) in [6, 6.07) is -0.607. The minimum Gasteiger partial charge on any atom is -0.342 e. The van der Waals surface area contributed by atoms with Crippen LogP contribution >= 0.6 is 11.6 Å². The number of aromatic nitrogens is 6. The van der Waals surface area contributed by atoms with Gasteiger partial charge in [0.15, 0.2) is 0 Å². The van der Waals surface area contributed by atoms with Crippen molar-refractivity contribution in [3.63, 3.8) is 0 Å². The van der Waals surface area contributed by atoms with Crippen LogP contribution in [-0.4, -0.2) is 47.6 Å². The second-order valence-electron chi connectivity index (χ2n) is 4.22. The molecule has 1 atom stereocenters. The predicted molar refractivity (Wildman–Crippen MR) is 69.5 cm³/mol. The summed E-state index contributed by atoms with van der Waals surface area (Å²) in [6.45, 7) is 0. The highest BCUT2D eigenvalue weighted by molar-refractivity contribution is 6.28. The normalized spacial score (nSPS) is 18.4. The summed E-state index contributed by atoms with van der Waals surface area (Å²) in [6.07, 6.45) is 3.33. The van der Waals surface area contributed by atoms with Crippen LogP contribution in [0.3, 0.4) is 0 Å². The molecule has 0 aromatic carbocycles. The Hall–Kier alpha value is -2.62. The number of hydrogen-bond acceptors (Lipinski definition) is 8. The zero-order valence-electron chi connectivity index (χ0n) is 10.5. The molecule has 0 spiro atoms. The Labute approximate surface area is 123 Å². The lowest BCUT2D eigenvalue weighted by molar-refractivity contribution is -0.133. The standard InChI is InChI=1S/C10H9ClN8O2/c11-8-16-9(14-5-1-2-6(20)15-7(5)21)18-10(17-8)19-4-12-3-13-19/h3-5H,1-2H2,(H,15,20,21)(H,14,16,17,18). The SMILES string of the molecule is O=C1CCC(Nc2nc(Cl)nc(-n3cncn3)n2)C(=O)N1. The lowest BCUT2D eigenvalue weighted by Crippen LogP contribution is -2.47. The molecule has 3 rings (SSSR count). The van der Waals surface area contributed by atoms with Crippen molar-refractivity contribution in [3.8, 4) is 5.95 Å². The van der Waals surface area contributed by atoms with Crippen molar-refractivity contribution in [2.75, 3.05) is 5.32 Å². The van der Waals surface area contributed by atoms with Gasteiger partial charge in [0.05, 0.1) is 0 Å². The molecular formula is C10H9ClN8O2. The first-order valence-corrected chi connectivity index (χ1v) is 6.36. The Morgan fingerprint density at radius 1 is 1.33 bits per heavy atom. The van der Waals surface area contributed by atoms with Gasteiger partial charge in [-0.25, -0.2) is 4.98 Å². The molecule has 1 aliphatic rings. The van der Waals surface area contributed by atoms with E-state index in [4.69, 9.17) is 11.6 Å². The van der Waals surface area contributed by atoms with Gasteiger partial charge in [-0.05, 0) is 18.0 Å².